The number of amides is 3. The maximum Gasteiger partial charge on any atom is 0.268 e. The molecule has 0 bridgehead atoms. The van der Waals surface area contributed by atoms with E-state index in [1.54, 1.807) is 35.1 Å². The zero-order valence-electron chi connectivity index (χ0n) is 30.8. The lowest BCUT2D eigenvalue weighted by Gasteiger charge is -2.39. The molecule has 1 saturated heterocycles. The predicted molar refractivity (Wildman–Crippen MR) is 206 cm³/mol. The number of carbonyl (C=O) groups excluding carboxylic acids is 3. The van der Waals surface area contributed by atoms with Gasteiger partial charge in [-0.2, -0.15) is 0 Å². The fourth-order valence-corrected chi connectivity index (χ4v) is 12.9. The Hall–Kier alpha value is -4.81. The zero-order valence-corrected chi connectivity index (χ0v) is 31.8. The van der Waals surface area contributed by atoms with Crippen molar-refractivity contribution in [3.8, 4) is 5.75 Å². The summed E-state index contributed by atoms with van der Waals surface area (Å²) in [5.41, 5.74) is 2.80. The van der Waals surface area contributed by atoms with Crippen LogP contribution in [0.4, 0.5) is 17.1 Å². The van der Waals surface area contributed by atoms with Gasteiger partial charge in [0, 0.05) is 29.4 Å². The van der Waals surface area contributed by atoms with Gasteiger partial charge in [0.15, 0.2) is 5.60 Å². The van der Waals surface area contributed by atoms with Crippen LogP contribution in [0.25, 0.3) is 0 Å². The molecule has 4 aromatic carbocycles. The molecule has 3 amide bonds. The third kappa shape index (κ3) is 6.25. The molecule has 7 rings (SSSR count). The average molecular weight is 734 g/mol. The van der Waals surface area contributed by atoms with Crippen LogP contribution in [0.1, 0.15) is 37.0 Å². The van der Waals surface area contributed by atoms with Crippen molar-refractivity contribution in [1.29, 1.82) is 0 Å². The van der Waals surface area contributed by atoms with Crippen molar-refractivity contribution >= 4 is 48.0 Å². The molecule has 10 nitrogen and oxygen atoms in total. The molecule has 53 heavy (non-hydrogen) atoms. The predicted octanol–water partition coefficient (Wildman–Crippen LogP) is 5.24. The van der Waals surface area contributed by atoms with E-state index >= 15 is 4.79 Å². The zero-order chi connectivity index (χ0) is 37.7. The lowest BCUT2D eigenvalue weighted by atomic mass is 9.82. The molecule has 276 valence electrons. The van der Waals surface area contributed by atoms with E-state index in [1.165, 1.54) is 6.92 Å². The first kappa shape index (κ1) is 36.5. The number of para-hydroxylation sites is 1. The van der Waals surface area contributed by atoms with E-state index in [-0.39, 0.29) is 36.4 Å². The average Bonchev–Trinajstić information content (AvgIpc) is 3.60. The Morgan fingerprint density at radius 2 is 1.68 bits per heavy atom. The molecule has 1 spiro atoms. The van der Waals surface area contributed by atoms with Crippen molar-refractivity contribution in [2.24, 2.45) is 5.92 Å². The molecule has 0 unspecified atom stereocenters. The summed E-state index contributed by atoms with van der Waals surface area (Å²) in [6, 6.07) is 30.4. The quantitative estimate of drug-likeness (QED) is 0.201. The monoisotopic (exact) mass is 733 g/mol. The standard InChI is InChI=1S/C42H47N3O7Si/c1-26-39(53(4,5)34-18-16-33(51-3)17-19-34)37(23-38(48)44-24-29-12-10-9-11-28(29)21-32(44)25-46)52-42(26)35-22-30(43-40(49)27(2)47)15-20-36(35)45(41(42)50)31-13-7-6-8-14-31/h6-20,22,26-27,32,37,39,46-47H,21,23-25H2,1-5H3,(H,43,49)/t26-,27+,32+,37+,39-,42+/m1/s1. The van der Waals surface area contributed by atoms with Crippen LogP contribution in [-0.4, -0.2) is 72.9 Å². The summed E-state index contributed by atoms with van der Waals surface area (Å²) >= 11 is 0. The minimum absolute atomic E-state index is 0.0222. The SMILES string of the molecule is COc1ccc([Si](C)(C)[C@H]2[C@H](CC(=O)N3Cc4ccccc4C[C@H]3CO)O[C@@]3(C(=O)N(c4ccccc4)c4ccc(NC(=O)[C@H](C)O)cc43)[C@@H]2C)cc1. The number of methoxy groups -OCH3 is 1. The number of nitrogens with one attached hydrogen (secondary N) is 1. The van der Waals surface area contributed by atoms with E-state index in [0.29, 0.717) is 35.6 Å². The Kier molecular flexibility index (Phi) is 9.79. The highest BCUT2D eigenvalue weighted by atomic mass is 28.3. The van der Waals surface area contributed by atoms with E-state index in [2.05, 4.69) is 37.5 Å². The Morgan fingerprint density at radius 1 is 1.00 bits per heavy atom. The number of hydrogen-bond donors (Lipinski definition) is 3. The second kappa shape index (κ2) is 14.2. The molecule has 0 saturated carbocycles. The summed E-state index contributed by atoms with van der Waals surface area (Å²) in [4.78, 5) is 45.9. The number of anilines is 3. The number of ether oxygens (including phenoxy) is 2. The van der Waals surface area contributed by atoms with Crippen LogP contribution in [-0.2, 0) is 37.7 Å². The fraction of sp³-hybridized carbons (Fsp3) is 0.357. The lowest BCUT2D eigenvalue weighted by molar-refractivity contribution is -0.150. The van der Waals surface area contributed by atoms with Gasteiger partial charge in [-0.25, -0.2) is 0 Å². The van der Waals surface area contributed by atoms with Gasteiger partial charge in [-0.3, -0.25) is 19.3 Å². The van der Waals surface area contributed by atoms with Gasteiger partial charge in [0.25, 0.3) is 11.8 Å². The normalized spacial score (nSPS) is 24.2. The molecule has 3 heterocycles. The molecular formula is C42H47N3O7Si. The molecule has 11 heteroatoms. The van der Waals surface area contributed by atoms with Gasteiger partial charge in [0.2, 0.25) is 5.91 Å². The van der Waals surface area contributed by atoms with E-state index in [9.17, 15) is 19.8 Å². The minimum Gasteiger partial charge on any atom is -0.497 e. The van der Waals surface area contributed by atoms with Gasteiger partial charge >= 0.3 is 0 Å². The van der Waals surface area contributed by atoms with Gasteiger partial charge in [-0.05, 0) is 72.5 Å². The molecule has 3 aliphatic heterocycles. The van der Waals surface area contributed by atoms with E-state index in [1.807, 2.05) is 66.7 Å². The molecule has 3 aliphatic rings. The topological polar surface area (TPSA) is 129 Å². The molecule has 3 N–H and O–H groups in total. The molecule has 0 aliphatic carbocycles. The van der Waals surface area contributed by atoms with Crippen LogP contribution < -0.4 is 20.1 Å². The number of benzene rings is 4. The summed E-state index contributed by atoms with van der Waals surface area (Å²) in [7, 11) is -0.949. The molecule has 0 radical (unpaired) electrons. The smallest absolute Gasteiger partial charge is 0.268 e. The van der Waals surface area contributed by atoms with Gasteiger partial charge in [0.05, 0.1) is 46.0 Å². The largest absolute Gasteiger partial charge is 0.497 e. The Bertz CT molecular complexity index is 2020. The number of nitrogens with zero attached hydrogens (tertiary/aromatic N) is 2. The van der Waals surface area contributed by atoms with Crippen molar-refractivity contribution in [3.63, 3.8) is 0 Å². The van der Waals surface area contributed by atoms with Crippen LogP contribution in [0.5, 0.6) is 5.75 Å². The van der Waals surface area contributed by atoms with Gasteiger partial charge in [-0.1, -0.05) is 79.8 Å². The molecular weight excluding hydrogens is 687 g/mol. The second-order valence-corrected chi connectivity index (χ2v) is 19.8. The number of carbonyl (C=O) groups is 3. The molecule has 6 atom stereocenters. The second-order valence-electron chi connectivity index (χ2n) is 15.1. The summed E-state index contributed by atoms with van der Waals surface area (Å²) < 4.78 is 12.7. The first-order valence-corrected chi connectivity index (χ1v) is 21.3. The number of aliphatic hydroxyl groups is 2. The maximum atomic E-state index is 15.2. The van der Waals surface area contributed by atoms with Crippen molar-refractivity contribution < 1.29 is 34.1 Å². The number of fused-ring (bicyclic) bond motifs is 3. The molecule has 4 aromatic rings. The van der Waals surface area contributed by atoms with Gasteiger partial charge < -0.3 is 29.9 Å². The lowest BCUT2D eigenvalue weighted by Crippen LogP contribution is -2.52. The van der Waals surface area contributed by atoms with Gasteiger partial charge in [-0.15, -0.1) is 0 Å². The van der Waals surface area contributed by atoms with Crippen LogP contribution >= 0.6 is 0 Å². The van der Waals surface area contributed by atoms with Gasteiger partial charge in [0.1, 0.15) is 11.9 Å². The Morgan fingerprint density at radius 3 is 2.34 bits per heavy atom. The number of hydrogen-bond acceptors (Lipinski definition) is 7. The summed E-state index contributed by atoms with van der Waals surface area (Å²) in [5, 5.41) is 24.4. The summed E-state index contributed by atoms with van der Waals surface area (Å²) in [6.07, 6.45) is -1.31. The summed E-state index contributed by atoms with van der Waals surface area (Å²) in [6.45, 7) is 8.19. The van der Waals surface area contributed by atoms with Crippen LogP contribution in [0.3, 0.4) is 0 Å². The van der Waals surface area contributed by atoms with E-state index in [0.717, 1.165) is 22.1 Å². The number of rotatable bonds is 9. The van der Waals surface area contributed by atoms with Crippen molar-refractivity contribution in [3.05, 3.63) is 114 Å². The molecule has 1 fully saturated rings. The highest BCUT2D eigenvalue weighted by Gasteiger charge is 2.67. The van der Waals surface area contributed by atoms with Crippen molar-refractivity contribution in [1.82, 2.24) is 4.90 Å². The Balaban J connectivity index is 1.35. The first-order chi connectivity index (χ1) is 25.4. The van der Waals surface area contributed by atoms with Crippen molar-refractivity contribution in [2.45, 2.75) is 75.7 Å². The fourth-order valence-electron chi connectivity index (χ4n) is 8.93. The highest BCUT2D eigenvalue weighted by molar-refractivity contribution is 6.91. The van der Waals surface area contributed by atoms with E-state index < -0.39 is 37.7 Å². The van der Waals surface area contributed by atoms with Crippen LogP contribution in [0, 0.1) is 5.92 Å². The highest BCUT2D eigenvalue weighted by Crippen LogP contribution is 2.61. The van der Waals surface area contributed by atoms with Crippen LogP contribution in [0.2, 0.25) is 18.6 Å². The number of aliphatic hydroxyl groups excluding tert-OH is 2. The maximum absolute atomic E-state index is 15.2. The third-order valence-electron chi connectivity index (χ3n) is 11.7. The Labute approximate surface area is 311 Å². The summed E-state index contributed by atoms with van der Waals surface area (Å²) in [5.74, 6) is -0.629. The third-order valence-corrected chi connectivity index (χ3v) is 16.0. The molecule has 0 aromatic heterocycles. The van der Waals surface area contributed by atoms with Crippen LogP contribution in [0.15, 0.2) is 97.1 Å². The van der Waals surface area contributed by atoms with E-state index in [4.69, 9.17) is 9.47 Å². The minimum atomic E-state index is -2.58. The first-order valence-electron chi connectivity index (χ1n) is 18.2. The van der Waals surface area contributed by atoms with Crippen molar-refractivity contribution in [2.75, 3.05) is 23.9 Å².